The summed E-state index contributed by atoms with van der Waals surface area (Å²) in [5, 5.41) is 20.7. The molecule has 6 nitrogen and oxygen atoms in total. The molecule has 2 heterocycles. The Labute approximate surface area is 179 Å². The Morgan fingerprint density at radius 2 is 1.83 bits per heavy atom. The third-order valence-electron chi connectivity index (χ3n) is 4.64. The van der Waals surface area contributed by atoms with Crippen molar-refractivity contribution in [2.75, 3.05) is 0 Å². The van der Waals surface area contributed by atoms with Gasteiger partial charge in [0.1, 0.15) is 5.82 Å². The summed E-state index contributed by atoms with van der Waals surface area (Å²) in [4.78, 5) is 28.5. The van der Waals surface area contributed by atoms with E-state index in [1.54, 1.807) is 36.5 Å². The SMILES string of the molecule is CC(C)(C)c1ncc(C=C(Cc2cccs2)C(=O)O)n1Cc1ccc(C(=O)O)cc1. The first-order chi connectivity index (χ1) is 14.1. The van der Waals surface area contributed by atoms with Gasteiger partial charge in [-0.05, 0) is 35.2 Å². The average molecular weight is 425 g/mol. The summed E-state index contributed by atoms with van der Waals surface area (Å²) in [6, 6.07) is 10.5. The lowest BCUT2D eigenvalue weighted by molar-refractivity contribution is -0.132. The molecule has 0 aliphatic heterocycles. The molecule has 0 saturated heterocycles. The Hall–Kier alpha value is -3.19. The van der Waals surface area contributed by atoms with Crippen molar-refractivity contribution in [3.8, 4) is 0 Å². The maximum atomic E-state index is 11.9. The summed E-state index contributed by atoms with van der Waals surface area (Å²) in [5.41, 5.74) is 1.89. The smallest absolute Gasteiger partial charge is 0.335 e. The van der Waals surface area contributed by atoms with Gasteiger partial charge in [-0.3, -0.25) is 0 Å². The number of imidazole rings is 1. The molecule has 0 spiro atoms. The van der Waals surface area contributed by atoms with Gasteiger partial charge >= 0.3 is 11.9 Å². The number of thiophene rings is 1. The first-order valence-corrected chi connectivity index (χ1v) is 10.4. The number of nitrogens with zero attached hydrogens (tertiary/aromatic N) is 2. The van der Waals surface area contributed by atoms with Gasteiger partial charge in [-0.25, -0.2) is 14.6 Å². The van der Waals surface area contributed by atoms with Crippen molar-refractivity contribution in [2.24, 2.45) is 0 Å². The second-order valence-electron chi connectivity index (χ2n) is 8.08. The lowest BCUT2D eigenvalue weighted by atomic mass is 9.95. The minimum absolute atomic E-state index is 0.227. The number of carboxylic acid groups (broad SMARTS) is 2. The highest BCUT2D eigenvalue weighted by Gasteiger charge is 2.23. The van der Waals surface area contributed by atoms with Crippen molar-refractivity contribution in [1.29, 1.82) is 0 Å². The van der Waals surface area contributed by atoms with E-state index in [0.717, 1.165) is 16.3 Å². The quantitative estimate of drug-likeness (QED) is 0.537. The summed E-state index contributed by atoms with van der Waals surface area (Å²) in [7, 11) is 0. The number of hydrogen-bond acceptors (Lipinski definition) is 4. The maximum absolute atomic E-state index is 11.9. The number of hydrogen-bond donors (Lipinski definition) is 2. The van der Waals surface area contributed by atoms with Crippen LogP contribution in [0.5, 0.6) is 0 Å². The summed E-state index contributed by atoms with van der Waals surface area (Å²) < 4.78 is 1.99. The van der Waals surface area contributed by atoms with E-state index in [9.17, 15) is 14.7 Å². The molecule has 1 aromatic carbocycles. The summed E-state index contributed by atoms with van der Waals surface area (Å²) in [5.74, 6) is -1.10. The van der Waals surface area contributed by atoms with Crippen molar-refractivity contribution in [1.82, 2.24) is 9.55 Å². The molecule has 0 atom stereocenters. The molecule has 156 valence electrons. The molecule has 7 heteroatoms. The lowest BCUT2D eigenvalue weighted by Crippen LogP contribution is -2.20. The van der Waals surface area contributed by atoms with Crippen molar-refractivity contribution >= 4 is 29.4 Å². The number of benzene rings is 1. The summed E-state index contributed by atoms with van der Waals surface area (Å²) in [6.45, 7) is 6.62. The van der Waals surface area contributed by atoms with E-state index in [1.165, 1.54) is 11.3 Å². The maximum Gasteiger partial charge on any atom is 0.335 e. The van der Waals surface area contributed by atoms with Crippen LogP contribution >= 0.6 is 11.3 Å². The Kier molecular flexibility index (Phi) is 6.22. The highest BCUT2D eigenvalue weighted by molar-refractivity contribution is 7.09. The van der Waals surface area contributed by atoms with Crippen LogP contribution in [0.2, 0.25) is 0 Å². The molecular weight excluding hydrogens is 400 g/mol. The Balaban J connectivity index is 2.01. The van der Waals surface area contributed by atoms with Crippen molar-refractivity contribution in [3.05, 3.63) is 81.1 Å². The second-order valence-corrected chi connectivity index (χ2v) is 9.11. The molecule has 0 aliphatic carbocycles. The number of aromatic carboxylic acids is 1. The zero-order valence-corrected chi connectivity index (χ0v) is 17.9. The predicted molar refractivity (Wildman–Crippen MR) is 117 cm³/mol. The minimum atomic E-state index is -0.970. The van der Waals surface area contributed by atoms with Crippen LogP contribution in [0.3, 0.4) is 0 Å². The minimum Gasteiger partial charge on any atom is -0.478 e. The molecule has 30 heavy (non-hydrogen) atoms. The molecule has 2 N–H and O–H groups in total. The van der Waals surface area contributed by atoms with Crippen LogP contribution < -0.4 is 0 Å². The molecule has 0 aliphatic rings. The third kappa shape index (κ3) is 5.04. The first-order valence-electron chi connectivity index (χ1n) is 9.49. The van der Waals surface area contributed by atoms with Crippen LogP contribution in [0, 0.1) is 0 Å². The molecule has 0 radical (unpaired) electrons. The van der Waals surface area contributed by atoms with E-state index < -0.39 is 11.9 Å². The van der Waals surface area contributed by atoms with E-state index >= 15 is 0 Å². The average Bonchev–Trinajstić information content (AvgIpc) is 3.31. The van der Waals surface area contributed by atoms with E-state index in [0.29, 0.717) is 24.2 Å². The summed E-state index contributed by atoms with van der Waals surface area (Å²) in [6.07, 6.45) is 3.72. The Morgan fingerprint density at radius 3 is 2.37 bits per heavy atom. The number of rotatable bonds is 7. The number of aliphatic carboxylic acids is 1. The van der Waals surface area contributed by atoms with Crippen molar-refractivity contribution in [3.63, 3.8) is 0 Å². The molecule has 0 amide bonds. The molecule has 2 aromatic heterocycles. The van der Waals surface area contributed by atoms with Gasteiger partial charge in [0.2, 0.25) is 0 Å². The fraction of sp³-hybridized carbons (Fsp3) is 0.261. The predicted octanol–water partition coefficient (Wildman–Crippen LogP) is 4.70. The van der Waals surface area contributed by atoms with Crippen LogP contribution in [-0.4, -0.2) is 31.7 Å². The van der Waals surface area contributed by atoms with E-state index in [2.05, 4.69) is 25.8 Å². The fourth-order valence-corrected chi connectivity index (χ4v) is 3.90. The molecule has 0 fully saturated rings. The number of aromatic nitrogens is 2. The number of carboxylic acids is 2. The highest BCUT2D eigenvalue weighted by atomic mass is 32.1. The van der Waals surface area contributed by atoms with Gasteiger partial charge in [-0.2, -0.15) is 0 Å². The zero-order chi connectivity index (χ0) is 21.9. The van der Waals surface area contributed by atoms with Gasteiger partial charge in [0.25, 0.3) is 0 Å². The van der Waals surface area contributed by atoms with Crippen molar-refractivity contribution < 1.29 is 19.8 Å². The van der Waals surface area contributed by atoms with E-state index in [-0.39, 0.29) is 11.0 Å². The molecular formula is C23H24N2O4S. The molecule has 3 aromatic rings. The van der Waals surface area contributed by atoms with Crippen LogP contribution in [-0.2, 0) is 23.2 Å². The van der Waals surface area contributed by atoms with E-state index in [1.807, 2.05) is 22.1 Å². The monoisotopic (exact) mass is 424 g/mol. The molecule has 3 rings (SSSR count). The summed E-state index contributed by atoms with van der Waals surface area (Å²) >= 11 is 1.52. The van der Waals surface area contributed by atoms with Crippen LogP contribution in [0.15, 0.2) is 53.5 Å². The lowest BCUT2D eigenvalue weighted by Gasteiger charge is -2.21. The third-order valence-corrected chi connectivity index (χ3v) is 5.52. The molecule has 0 saturated carbocycles. The standard InChI is InChI=1S/C23H24N2O4S/c1-23(2,3)22-24-13-18(11-17(21(28)29)12-19-5-4-10-30-19)25(22)14-15-6-8-16(9-7-15)20(26)27/h4-11,13H,12,14H2,1-3H3,(H,26,27)(H,28,29). The molecule has 0 unspecified atom stereocenters. The molecule has 0 bridgehead atoms. The van der Waals surface area contributed by atoms with Gasteiger partial charge in [0.05, 0.1) is 17.5 Å². The Morgan fingerprint density at radius 1 is 1.13 bits per heavy atom. The first kappa shape index (κ1) is 21.5. The normalized spacial score (nSPS) is 12.2. The fourth-order valence-electron chi connectivity index (χ4n) is 3.17. The Bertz CT molecular complexity index is 1070. The van der Waals surface area contributed by atoms with Gasteiger partial charge in [0.15, 0.2) is 0 Å². The highest BCUT2D eigenvalue weighted by Crippen LogP contribution is 2.25. The van der Waals surface area contributed by atoms with Crippen LogP contribution in [0.25, 0.3) is 6.08 Å². The van der Waals surface area contributed by atoms with Crippen molar-refractivity contribution in [2.45, 2.75) is 39.2 Å². The van der Waals surface area contributed by atoms with Crippen LogP contribution in [0.4, 0.5) is 0 Å². The number of carbonyl (C=O) groups is 2. The van der Waals surface area contributed by atoms with Gasteiger partial charge in [-0.1, -0.05) is 39.0 Å². The topological polar surface area (TPSA) is 92.4 Å². The second kappa shape index (κ2) is 8.67. The van der Waals surface area contributed by atoms with Gasteiger partial charge in [0, 0.05) is 28.8 Å². The van der Waals surface area contributed by atoms with Gasteiger partial charge in [-0.15, -0.1) is 11.3 Å². The van der Waals surface area contributed by atoms with E-state index in [4.69, 9.17) is 5.11 Å². The van der Waals surface area contributed by atoms with Gasteiger partial charge < -0.3 is 14.8 Å². The largest absolute Gasteiger partial charge is 0.478 e. The zero-order valence-electron chi connectivity index (χ0n) is 17.1. The van der Waals surface area contributed by atoms with Crippen LogP contribution in [0.1, 0.15) is 53.1 Å².